The first-order valence-electron chi connectivity index (χ1n) is 17.5. The van der Waals surface area contributed by atoms with Crippen LogP contribution >= 0.6 is 7.37 Å². The fourth-order valence-electron chi connectivity index (χ4n) is 7.43. The Morgan fingerprint density at radius 1 is 1.18 bits per heavy atom. The van der Waals surface area contributed by atoms with E-state index in [9.17, 15) is 28.6 Å². The number of carbonyl (C=O) groups is 4. The quantitative estimate of drug-likeness (QED) is 0.276. The molecule has 2 fully saturated rings. The summed E-state index contributed by atoms with van der Waals surface area (Å²) in [5.74, 6) is -1.45. The Hall–Kier alpha value is -3.37. The minimum absolute atomic E-state index is 0.0135. The van der Waals surface area contributed by atoms with Crippen molar-refractivity contribution >= 4 is 31.4 Å². The molecule has 3 aliphatic heterocycles. The van der Waals surface area contributed by atoms with Crippen LogP contribution in [0.5, 0.6) is 0 Å². The summed E-state index contributed by atoms with van der Waals surface area (Å²) >= 11 is 0. The summed E-state index contributed by atoms with van der Waals surface area (Å²) in [5.41, 5.74) is 2.00. The number of benzene rings is 1. The minimum atomic E-state index is -3.91. The third kappa shape index (κ3) is 7.55. The summed E-state index contributed by atoms with van der Waals surface area (Å²) in [5, 5.41) is 4.21. The molecule has 4 bridgehead atoms. The normalized spacial score (nSPS) is 30.9. The first-order chi connectivity index (χ1) is 23.0. The van der Waals surface area contributed by atoms with Gasteiger partial charge in [0.2, 0.25) is 19.2 Å². The lowest BCUT2D eigenvalue weighted by Gasteiger charge is -2.36. The van der Waals surface area contributed by atoms with Crippen LogP contribution in [-0.2, 0) is 43.1 Å². The van der Waals surface area contributed by atoms with Crippen molar-refractivity contribution in [2.45, 2.75) is 122 Å². The van der Waals surface area contributed by atoms with E-state index in [1.807, 2.05) is 19.1 Å². The Kier molecular flexibility index (Phi) is 10.6. The van der Waals surface area contributed by atoms with Crippen molar-refractivity contribution in [3.63, 3.8) is 0 Å². The lowest BCUT2D eigenvalue weighted by molar-refractivity contribution is -0.142. The van der Waals surface area contributed by atoms with Gasteiger partial charge in [0.15, 0.2) is 0 Å². The summed E-state index contributed by atoms with van der Waals surface area (Å²) in [6.45, 7) is 15.4. The van der Waals surface area contributed by atoms with E-state index in [-0.39, 0.29) is 31.9 Å². The molecule has 1 aromatic carbocycles. The fraction of sp³-hybridized carbons (Fsp3) is 0.667. The summed E-state index contributed by atoms with van der Waals surface area (Å²) in [6.07, 6.45) is 3.34. The first kappa shape index (κ1) is 36.9. The minimum Gasteiger partial charge on any atom is -0.449 e. The van der Waals surface area contributed by atoms with Gasteiger partial charge in [-0.05, 0) is 53.7 Å². The van der Waals surface area contributed by atoms with Crippen LogP contribution in [0.25, 0.3) is 0 Å². The van der Waals surface area contributed by atoms with Crippen molar-refractivity contribution in [1.29, 1.82) is 0 Å². The van der Waals surface area contributed by atoms with E-state index >= 15 is 0 Å². The van der Waals surface area contributed by atoms with Crippen LogP contribution in [0.1, 0.15) is 90.3 Å². The summed E-state index contributed by atoms with van der Waals surface area (Å²) in [4.78, 5) is 69.3. The number of nitrogens with zero attached hydrogens (tertiary/aromatic N) is 2. The van der Waals surface area contributed by atoms with E-state index in [4.69, 9.17) is 9.47 Å². The third-order valence-electron chi connectivity index (χ3n) is 10.6. The number of amides is 4. The van der Waals surface area contributed by atoms with Crippen LogP contribution in [-0.4, -0.2) is 81.0 Å². The lowest BCUT2D eigenvalue weighted by Crippen LogP contribution is -2.58. The molecule has 1 unspecified atom stereocenters. The number of aryl methyl sites for hydroxylation is 1. The molecule has 1 aromatic rings. The van der Waals surface area contributed by atoms with Gasteiger partial charge in [-0.25, -0.2) is 9.59 Å². The van der Waals surface area contributed by atoms with Crippen LogP contribution in [0.2, 0.25) is 0 Å². The molecule has 12 nitrogen and oxygen atoms in total. The molecule has 5 rings (SSSR count). The average molecular weight is 701 g/mol. The molecule has 1 saturated heterocycles. The van der Waals surface area contributed by atoms with Gasteiger partial charge in [0.05, 0.1) is 13.2 Å². The molecule has 49 heavy (non-hydrogen) atoms. The van der Waals surface area contributed by atoms with E-state index < -0.39 is 71.8 Å². The van der Waals surface area contributed by atoms with Crippen LogP contribution in [0.15, 0.2) is 30.9 Å². The third-order valence-corrected chi connectivity index (χ3v) is 13.8. The molecule has 4 amide bonds. The summed E-state index contributed by atoms with van der Waals surface area (Å²) in [6, 6.07) is 3.93. The Bertz CT molecular complexity index is 1520. The van der Waals surface area contributed by atoms with Crippen LogP contribution in [0.4, 0.5) is 9.59 Å². The van der Waals surface area contributed by atoms with E-state index in [1.54, 1.807) is 45.6 Å². The number of rotatable bonds is 5. The second-order valence-electron chi connectivity index (χ2n) is 15.7. The Balaban J connectivity index is 1.45. The zero-order chi connectivity index (χ0) is 35.9. The molecule has 7 atom stereocenters. The average Bonchev–Trinajstić information content (AvgIpc) is 3.35. The highest BCUT2D eigenvalue weighted by Crippen LogP contribution is 2.71. The van der Waals surface area contributed by atoms with Crippen molar-refractivity contribution in [3.8, 4) is 0 Å². The van der Waals surface area contributed by atoms with Gasteiger partial charge in [-0.3, -0.25) is 19.1 Å². The SMILES string of the molecule is C=C[C@@H]1C[C@]1(NC(=O)[C@@H]1C[C@@H]2CN1C(=O)[C@H](C(C)(C)C)NC(=O)OC[C@@H](C)CCCCc1cccc3c1CN(C3)C(=O)O2)P(=O)(O)C(C)C. The van der Waals surface area contributed by atoms with Crippen LogP contribution in [0.3, 0.4) is 0 Å². The Morgan fingerprint density at radius 2 is 1.90 bits per heavy atom. The monoisotopic (exact) mass is 700 g/mol. The molecule has 4 aliphatic rings. The number of hydrogen-bond donors (Lipinski definition) is 3. The second-order valence-corrected chi connectivity index (χ2v) is 18.8. The standard InChI is InChI=1S/C36H53N4O8P/c1-8-26-17-36(26,49(45,46)22(2)3)38-31(41)29-16-27-19-40(29)32(42)30(35(5,6)7)37-33(43)47-21-23(4)12-9-10-13-24-14-11-15-25-18-39(20-28(24)25)34(44)48-27/h8,11,14-15,22-23,26-27,29-30H,1,9-10,12-13,16-21H2,2-7H3,(H,37,43)(H,38,41)(H,45,46)/t23-,26+,27+,29-,30+,36-/m0/s1. The summed E-state index contributed by atoms with van der Waals surface area (Å²) in [7, 11) is -3.91. The molecular weight excluding hydrogens is 647 g/mol. The molecule has 0 aromatic heterocycles. The van der Waals surface area contributed by atoms with Crippen molar-refractivity contribution in [2.24, 2.45) is 17.3 Å². The maximum Gasteiger partial charge on any atom is 0.410 e. The van der Waals surface area contributed by atoms with E-state index in [1.165, 1.54) is 10.5 Å². The van der Waals surface area contributed by atoms with Gasteiger partial charge in [-0.1, -0.05) is 72.2 Å². The molecule has 13 heteroatoms. The van der Waals surface area contributed by atoms with Crippen LogP contribution in [0, 0.1) is 17.3 Å². The predicted molar refractivity (Wildman–Crippen MR) is 185 cm³/mol. The van der Waals surface area contributed by atoms with Gasteiger partial charge in [0.1, 0.15) is 23.5 Å². The van der Waals surface area contributed by atoms with Gasteiger partial charge in [0.25, 0.3) is 0 Å². The van der Waals surface area contributed by atoms with Gasteiger partial charge < -0.3 is 29.9 Å². The van der Waals surface area contributed by atoms with Gasteiger partial charge in [-0.15, -0.1) is 6.58 Å². The highest BCUT2D eigenvalue weighted by atomic mass is 31.2. The first-order valence-corrected chi connectivity index (χ1v) is 19.3. The predicted octanol–water partition coefficient (Wildman–Crippen LogP) is 5.31. The fourth-order valence-corrected chi connectivity index (χ4v) is 9.67. The van der Waals surface area contributed by atoms with Crippen molar-refractivity contribution in [3.05, 3.63) is 47.5 Å². The topological polar surface area (TPSA) is 155 Å². The maximum absolute atomic E-state index is 14.4. The number of carbonyl (C=O) groups excluding carboxylic acids is 4. The Labute approximate surface area is 289 Å². The smallest absolute Gasteiger partial charge is 0.410 e. The van der Waals surface area contributed by atoms with Gasteiger partial charge in [-0.2, -0.15) is 0 Å². The van der Waals surface area contributed by atoms with E-state index in [2.05, 4.69) is 23.3 Å². The molecule has 0 spiro atoms. The molecule has 3 N–H and O–H groups in total. The highest BCUT2D eigenvalue weighted by molar-refractivity contribution is 7.60. The zero-order valence-corrected chi connectivity index (χ0v) is 30.6. The van der Waals surface area contributed by atoms with Crippen molar-refractivity contribution in [1.82, 2.24) is 20.4 Å². The number of ether oxygens (including phenoxy) is 2. The zero-order valence-electron chi connectivity index (χ0n) is 29.7. The number of nitrogens with one attached hydrogen (secondary N) is 2. The lowest BCUT2D eigenvalue weighted by atomic mass is 9.85. The molecule has 270 valence electrons. The Morgan fingerprint density at radius 3 is 2.55 bits per heavy atom. The molecule has 1 saturated carbocycles. The van der Waals surface area contributed by atoms with Gasteiger partial charge >= 0.3 is 12.2 Å². The number of cyclic esters (lactones) is 1. The molecule has 0 radical (unpaired) electrons. The number of fused-ring (bicyclic) bond motifs is 3. The number of hydrogen-bond acceptors (Lipinski definition) is 7. The molecule has 3 heterocycles. The summed E-state index contributed by atoms with van der Waals surface area (Å²) < 4.78 is 25.2. The molecule has 1 aliphatic carbocycles. The molecular formula is C36H53N4O8P. The number of alkyl carbamates (subject to hydrolysis) is 1. The second kappa shape index (κ2) is 14.1. The van der Waals surface area contributed by atoms with E-state index in [0.717, 1.165) is 36.8 Å². The van der Waals surface area contributed by atoms with Crippen molar-refractivity contribution in [2.75, 3.05) is 13.2 Å². The van der Waals surface area contributed by atoms with Gasteiger partial charge in [0, 0.05) is 31.1 Å². The highest BCUT2D eigenvalue weighted by Gasteiger charge is 2.66. The largest absolute Gasteiger partial charge is 0.449 e. The van der Waals surface area contributed by atoms with Crippen LogP contribution < -0.4 is 10.6 Å². The van der Waals surface area contributed by atoms with E-state index in [0.29, 0.717) is 13.1 Å². The maximum atomic E-state index is 14.4. The van der Waals surface area contributed by atoms with Crippen molar-refractivity contribution < 1.29 is 38.1 Å².